The van der Waals surface area contributed by atoms with E-state index in [-0.39, 0.29) is 17.2 Å². The normalized spacial score (nSPS) is 11.1. The average molecular weight is 477 g/mol. The molecule has 2 heterocycles. The van der Waals surface area contributed by atoms with Crippen molar-refractivity contribution in [2.75, 3.05) is 6.61 Å². The van der Waals surface area contributed by atoms with Crippen molar-refractivity contribution in [1.82, 2.24) is 15.0 Å². The summed E-state index contributed by atoms with van der Waals surface area (Å²) in [5.74, 6) is -0.994. The number of halogens is 1. The lowest BCUT2D eigenvalue weighted by Gasteiger charge is -2.11. The molecule has 1 amide bonds. The lowest BCUT2D eigenvalue weighted by molar-refractivity contribution is -0.123. The van der Waals surface area contributed by atoms with Crippen LogP contribution in [-0.2, 0) is 4.79 Å². The summed E-state index contributed by atoms with van der Waals surface area (Å²) in [5, 5.41) is 14.5. The van der Waals surface area contributed by atoms with Gasteiger partial charge >= 0.3 is 5.97 Å². The summed E-state index contributed by atoms with van der Waals surface area (Å²) < 4.78 is 7.51. The maximum absolute atomic E-state index is 12.2. The van der Waals surface area contributed by atoms with Crippen LogP contribution in [0.25, 0.3) is 16.6 Å². The van der Waals surface area contributed by atoms with Crippen molar-refractivity contribution in [2.24, 2.45) is 5.10 Å². The number of aryl methyl sites for hydroxylation is 1. The molecule has 4 aromatic rings. The van der Waals surface area contributed by atoms with Crippen molar-refractivity contribution in [3.05, 3.63) is 88.3 Å². The molecule has 4 rings (SSSR count). The largest absolute Gasteiger partial charge is 0.481 e. The Morgan fingerprint density at radius 1 is 1.18 bits per heavy atom. The number of hydrazone groups is 1. The van der Waals surface area contributed by atoms with Gasteiger partial charge in [0.05, 0.1) is 16.8 Å². The van der Waals surface area contributed by atoms with Crippen LogP contribution >= 0.6 is 11.6 Å². The molecule has 172 valence electrons. The molecule has 34 heavy (non-hydrogen) atoms. The van der Waals surface area contributed by atoms with Gasteiger partial charge in [-0.3, -0.25) is 9.78 Å². The molecule has 0 radical (unpaired) electrons. The molecule has 0 saturated carbocycles. The number of carbonyl (C=O) groups is 2. The van der Waals surface area contributed by atoms with Crippen molar-refractivity contribution >= 4 is 40.6 Å². The fourth-order valence-corrected chi connectivity index (χ4v) is 3.87. The highest BCUT2D eigenvalue weighted by Crippen LogP contribution is 2.25. The Labute approximate surface area is 200 Å². The summed E-state index contributed by atoms with van der Waals surface area (Å²) in [6.45, 7) is 3.56. The lowest BCUT2D eigenvalue weighted by atomic mass is 10.2. The van der Waals surface area contributed by atoms with Crippen molar-refractivity contribution in [2.45, 2.75) is 13.8 Å². The van der Waals surface area contributed by atoms with Gasteiger partial charge in [0.25, 0.3) is 5.91 Å². The number of nitrogens with zero attached hydrogens (tertiary/aromatic N) is 3. The number of carbonyl (C=O) groups excluding carboxylic acids is 1. The molecule has 2 aromatic carbocycles. The zero-order valence-electron chi connectivity index (χ0n) is 18.4. The van der Waals surface area contributed by atoms with Gasteiger partial charge in [0.1, 0.15) is 11.3 Å². The number of aromatic carboxylic acids is 1. The first kappa shape index (κ1) is 23.0. The van der Waals surface area contributed by atoms with Crippen LogP contribution in [-0.4, -0.2) is 39.4 Å². The second kappa shape index (κ2) is 9.76. The van der Waals surface area contributed by atoms with E-state index < -0.39 is 11.9 Å². The quantitative estimate of drug-likeness (QED) is 0.301. The first-order valence-electron chi connectivity index (χ1n) is 10.4. The Kier molecular flexibility index (Phi) is 6.60. The van der Waals surface area contributed by atoms with E-state index in [1.54, 1.807) is 24.4 Å². The molecule has 0 aliphatic rings. The molecular weight excluding hydrogens is 456 g/mol. The first-order valence-corrected chi connectivity index (χ1v) is 10.7. The minimum absolute atomic E-state index is 0.0236. The minimum atomic E-state index is -1.10. The van der Waals surface area contributed by atoms with Gasteiger partial charge in [-0.15, -0.1) is 0 Å². The SMILES string of the molecule is Cc1cc(/C=N\NC(=O)COc2cccc3cccnc23)c(C)n1-c1ccc(Cl)c(C(=O)O)c1. The number of hydrogen-bond acceptors (Lipinski definition) is 5. The zero-order chi connectivity index (χ0) is 24.2. The van der Waals surface area contributed by atoms with Crippen molar-refractivity contribution < 1.29 is 19.4 Å². The van der Waals surface area contributed by atoms with Crippen LogP contribution in [0.5, 0.6) is 5.75 Å². The highest BCUT2D eigenvalue weighted by atomic mass is 35.5. The highest BCUT2D eigenvalue weighted by molar-refractivity contribution is 6.33. The second-order valence-electron chi connectivity index (χ2n) is 7.54. The Bertz CT molecular complexity index is 1420. The molecule has 2 aromatic heterocycles. The predicted molar refractivity (Wildman–Crippen MR) is 130 cm³/mol. The summed E-state index contributed by atoms with van der Waals surface area (Å²) in [4.78, 5) is 27.9. The van der Waals surface area contributed by atoms with Crippen LogP contribution in [0.3, 0.4) is 0 Å². The monoisotopic (exact) mass is 476 g/mol. The number of benzene rings is 2. The number of hydrogen-bond donors (Lipinski definition) is 2. The van der Waals surface area contributed by atoms with E-state index in [1.165, 1.54) is 12.3 Å². The first-order chi connectivity index (χ1) is 16.3. The van der Waals surface area contributed by atoms with Gasteiger partial charge in [-0.1, -0.05) is 29.8 Å². The molecule has 0 atom stereocenters. The minimum Gasteiger partial charge on any atom is -0.481 e. The average Bonchev–Trinajstić information content (AvgIpc) is 3.10. The lowest BCUT2D eigenvalue weighted by Crippen LogP contribution is -2.24. The summed E-state index contributed by atoms with van der Waals surface area (Å²) >= 11 is 5.99. The number of aromatic nitrogens is 2. The number of carboxylic acid groups (broad SMARTS) is 1. The van der Waals surface area contributed by atoms with E-state index in [9.17, 15) is 14.7 Å². The van der Waals surface area contributed by atoms with Crippen molar-refractivity contribution in [1.29, 1.82) is 0 Å². The molecule has 0 spiro atoms. The van der Waals surface area contributed by atoms with Crippen molar-refractivity contribution in [3.63, 3.8) is 0 Å². The van der Waals surface area contributed by atoms with Crippen LogP contribution in [0.4, 0.5) is 0 Å². The molecule has 2 N–H and O–H groups in total. The topological polar surface area (TPSA) is 106 Å². The Morgan fingerprint density at radius 3 is 2.76 bits per heavy atom. The Morgan fingerprint density at radius 2 is 1.97 bits per heavy atom. The number of ether oxygens (including phenoxy) is 1. The molecule has 8 nitrogen and oxygen atoms in total. The van der Waals surface area contributed by atoms with E-state index in [4.69, 9.17) is 16.3 Å². The molecular formula is C25H21ClN4O4. The fraction of sp³-hybridized carbons (Fsp3) is 0.120. The molecule has 0 aliphatic carbocycles. The number of nitrogens with one attached hydrogen (secondary N) is 1. The molecule has 9 heteroatoms. The van der Waals surface area contributed by atoms with Gasteiger partial charge in [-0.25, -0.2) is 10.2 Å². The van der Waals surface area contributed by atoms with E-state index >= 15 is 0 Å². The van der Waals surface area contributed by atoms with Crippen LogP contribution < -0.4 is 10.2 Å². The van der Waals surface area contributed by atoms with Crippen molar-refractivity contribution in [3.8, 4) is 11.4 Å². The number of carboxylic acids is 1. The summed E-state index contributed by atoms with van der Waals surface area (Å²) in [6.07, 6.45) is 3.20. The number of pyridine rings is 1. The summed E-state index contributed by atoms with van der Waals surface area (Å²) in [7, 11) is 0. The van der Waals surface area contributed by atoms with Crippen LogP contribution in [0.15, 0.2) is 65.9 Å². The second-order valence-corrected chi connectivity index (χ2v) is 7.95. The molecule has 0 aliphatic heterocycles. The van der Waals surface area contributed by atoms with Gasteiger partial charge in [-0.2, -0.15) is 5.10 Å². The van der Waals surface area contributed by atoms with Crippen LogP contribution in [0, 0.1) is 13.8 Å². The third-order valence-corrected chi connectivity index (χ3v) is 5.59. The third kappa shape index (κ3) is 4.77. The van der Waals surface area contributed by atoms with Crippen LogP contribution in [0.1, 0.15) is 27.3 Å². The van der Waals surface area contributed by atoms with E-state index in [2.05, 4.69) is 15.5 Å². The van der Waals surface area contributed by atoms with Gasteiger partial charge in [0, 0.05) is 34.2 Å². The summed E-state index contributed by atoms with van der Waals surface area (Å²) in [5.41, 5.74) is 6.29. The van der Waals surface area contributed by atoms with Gasteiger partial charge in [0.2, 0.25) is 0 Å². The number of para-hydroxylation sites is 1. The van der Waals surface area contributed by atoms with Crippen LogP contribution in [0.2, 0.25) is 5.02 Å². The maximum atomic E-state index is 12.2. The molecule has 0 fully saturated rings. The third-order valence-electron chi connectivity index (χ3n) is 5.26. The van der Waals surface area contributed by atoms with E-state index in [0.29, 0.717) is 17.0 Å². The number of rotatable bonds is 7. The van der Waals surface area contributed by atoms with E-state index in [0.717, 1.165) is 22.3 Å². The smallest absolute Gasteiger partial charge is 0.337 e. The molecule has 0 saturated heterocycles. The standard InChI is InChI=1S/C25H21ClN4O4/c1-15-11-18(16(2)30(15)19-8-9-21(26)20(12-19)25(32)33)13-28-29-23(31)14-34-22-7-3-5-17-6-4-10-27-24(17)22/h3-13H,14H2,1-2H3,(H,29,31)(H,32,33)/b28-13-. The maximum Gasteiger partial charge on any atom is 0.337 e. The van der Waals surface area contributed by atoms with Gasteiger partial charge < -0.3 is 14.4 Å². The van der Waals surface area contributed by atoms with Gasteiger partial charge in [-0.05, 0) is 50.2 Å². The molecule has 0 bridgehead atoms. The van der Waals surface area contributed by atoms with E-state index in [1.807, 2.05) is 48.7 Å². The summed E-state index contributed by atoms with van der Waals surface area (Å²) in [6, 6.07) is 16.0. The highest BCUT2D eigenvalue weighted by Gasteiger charge is 2.14. The molecule has 0 unspecified atom stereocenters. The van der Waals surface area contributed by atoms with Gasteiger partial charge in [0.15, 0.2) is 6.61 Å². The Balaban J connectivity index is 1.44. The zero-order valence-corrected chi connectivity index (χ0v) is 19.2. The number of fused-ring (bicyclic) bond motifs is 1. The predicted octanol–water partition coefficient (Wildman–Crippen LogP) is 4.52. The fourth-order valence-electron chi connectivity index (χ4n) is 3.67. The number of amides is 1. The Hall–Kier alpha value is -4.17.